The van der Waals surface area contributed by atoms with E-state index in [1.165, 1.54) is 6.33 Å². The number of H-pyrrole nitrogens is 1. The van der Waals surface area contributed by atoms with Crippen LogP contribution in [0.2, 0.25) is 0 Å². The van der Waals surface area contributed by atoms with Crippen LogP contribution >= 0.6 is 0 Å². The molecule has 18 heteroatoms. The molecule has 16 nitrogen and oxygen atoms in total. The van der Waals surface area contributed by atoms with Crippen molar-refractivity contribution in [1.82, 2.24) is 9.97 Å². The molecule has 0 aliphatic carbocycles. The normalized spacial score (nSPS) is 36.6. The molecule has 3 rings (SSSR count). The molecule has 0 amide bonds. The average Bonchev–Trinajstić information content (AvgIpc) is 3.42. The summed E-state index contributed by atoms with van der Waals surface area (Å²) in [6.45, 7) is -2.32. The zero-order chi connectivity index (χ0) is 25.6. The summed E-state index contributed by atoms with van der Waals surface area (Å²) in [6, 6.07) is -0.863. The molecule has 1 aromatic rings. The number of carboxylic acid groups (broad SMARTS) is 1. The van der Waals surface area contributed by atoms with Crippen LogP contribution in [0.15, 0.2) is 12.5 Å². The number of hydrogen-bond acceptors (Lipinski definition) is 14. The van der Waals surface area contributed by atoms with E-state index < -0.39 is 86.6 Å². The van der Waals surface area contributed by atoms with Crippen molar-refractivity contribution < 1.29 is 107 Å². The average molecular weight is 556 g/mol. The van der Waals surface area contributed by atoms with Crippen LogP contribution in [0, 0.1) is 0 Å². The van der Waals surface area contributed by atoms with Crippen molar-refractivity contribution in [3.05, 3.63) is 18.2 Å². The quantitative estimate of drug-likeness (QED) is 0.133. The van der Waals surface area contributed by atoms with Crippen LogP contribution in [0.1, 0.15) is 5.69 Å². The molecule has 1 aromatic heterocycles. The Morgan fingerprint density at radius 3 is 2.14 bits per heavy atom. The van der Waals surface area contributed by atoms with Crippen molar-refractivity contribution in [3.63, 3.8) is 0 Å². The van der Waals surface area contributed by atoms with E-state index >= 15 is 0 Å². The molecule has 36 heavy (non-hydrogen) atoms. The van der Waals surface area contributed by atoms with Gasteiger partial charge in [0, 0.05) is 12.6 Å². The van der Waals surface area contributed by atoms with Crippen LogP contribution in [-0.4, -0.2) is 143 Å². The number of nitrogens with zero attached hydrogens (tertiary/aromatic N) is 1. The van der Waals surface area contributed by atoms with Crippen molar-refractivity contribution in [1.29, 1.82) is 0 Å². The molecule has 0 bridgehead atoms. The number of nitrogens with one attached hydrogen (secondary N) is 1. The largest absolute Gasteiger partial charge is 1.00 e. The number of rotatable bonds is 8. The van der Waals surface area contributed by atoms with E-state index in [-0.39, 0.29) is 48.4 Å². The number of imidazole rings is 1. The maximum Gasteiger partial charge on any atom is 1.00 e. The third-order valence-electron chi connectivity index (χ3n) is 5.37. The van der Waals surface area contributed by atoms with Crippen LogP contribution in [-0.2, 0) is 25.4 Å². The molecular formula is C18H31ClN3NaO13. The first kappa shape index (κ1) is 35.5. The Morgan fingerprint density at radius 2 is 1.69 bits per heavy atom. The van der Waals surface area contributed by atoms with Gasteiger partial charge in [-0.05, 0) is 0 Å². The molecule has 2 aliphatic rings. The Balaban J connectivity index is 0.000000800. The van der Waals surface area contributed by atoms with Crippen molar-refractivity contribution in [3.8, 4) is 0 Å². The van der Waals surface area contributed by atoms with E-state index in [4.69, 9.17) is 35.3 Å². The minimum absolute atomic E-state index is 0. The molecule has 2 saturated heterocycles. The molecule has 2 aliphatic heterocycles. The molecule has 0 saturated carbocycles. The van der Waals surface area contributed by atoms with Gasteiger partial charge in [-0.1, -0.05) is 0 Å². The number of hydrogen-bond donors (Lipinski definition) is 11. The minimum Gasteiger partial charge on any atom is -1.00 e. The Bertz CT molecular complexity index is 767. The fourth-order valence-corrected chi connectivity index (χ4v) is 3.35. The maximum atomic E-state index is 10.3. The summed E-state index contributed by atoms with van der Waals surface area (Å²) in [5.74, 6) is -3.23. The van der Waals surface area contributed by atoms with Gasteiger partial charge in [0.25, 0.3) is 0 Å². The molecule has 12 N–H and O–H groups in total. The predicted molar refractivity (Wildman–Crippen MR) is 107 cm³/mol. The summed E-state index contributed by atoms with van der Waals surface area (Å²) < 4.78 is 15.4. The first-order valence-electron chi connectivity index (χ1n) is 10.2. The molecule has 0 unspecified atom stereocenters. The van der Waals surface area contributed by atoms with E-state index in [0.717, 1.165) is 0 Å². The Labute approximate surface area is 233 Å². The van der Waals surface area contributed by atoms with Crippen LogP contribution in [0.25, 0.3) is 0 Å². The number of aliphatic carboxylic acids is 1. The number of aliphatic hydroxyl groups is 8. The first-order chi connectivity index (χ1) is 16.0. The van der Waals surface area contributed by atoms with Gasteiger partial charge in [-0.3, -0.25) is 4.79 Å². The fraction of sp³-hybridized carbons (Fsp3) is 0.778. The van der Waals surface area contributed by atoms with E-state index in [0.29, 0.717) is 5.69 Å². The second-order valence-electron chi connectivity index (χ2n) is 7.77. The van der Waals surface area contributed by atoms with Crippen LogP contribution in [0.3, 0.4) is 0 Å². The van der Waals surface area contributed by atoms with Gasteiger partial charge in [0.05, 0.1) is 25.2 Å². The summed E-state index contributed by atoms with van der Waals surface area (Å²) in [7, 11) is 0. The zero-order valence-electron chi connectivity index (χ0n) is 19.2. The van der Waals surface area contributed by atoms with E-state index in [1.54, 1.807) is 6.20 Å². The van der Waals surface area contributed by atoms with Crippen molar-refractivity contribution >= 4 is 5.97 Å². The number of ether oxygens (including phenoxy) is 3. The Morgan fingerprint density at radius 1 is 1.08 bits per heavy atom. The molecule has 10 atom stereocenters. The number of nitrogens with two attached hydrogens (primary N) is 1. The zero-order valence-corrected chi connectivity index (χ0v) is 22.0. The molecule has 2 fully saturated rings. The van der Waals surface area contributed by atoms with Gasteiger partial charge in [-0.2, -0.15) is 0 Å². The Hall–Kier alpha value is -0.510. The summed E-state index contributed by atoms with van der Waals surface area (Å²) >= 11 is 0. The third kappa shape index (κ3) is 8.24. The topological polar surface area (TPSA) is 282 Å². The van der Waals surface area contributed by atoms with Crippen LogP contribution < -0.4 is 47.7 Å². The van der Waals surface area contributed by atoms with Gasteiger partial charge >= 0.3 is 35.5 Å². The van der Waals surface area contributed by atoms with Crippen molar-refractivity contribution in [2.24, 2.45) is 5.73 Å². The van der Waals surface area contributed by atoms with Crippen molar-refractivity contribution in [2.45, 2.75) is 67.3 Å². The molecule has 3 heterocycles. The SMILES string of the molecule is N[C@@H](Cc1c[nH]cn1)C(=O)O.OC[C@H]1O[C@@](CO)(O[C@H]2O[C@H](CO)[C@@H](O)[C@H](O)[C@H]2O)[C@@H](O)[C@@H]1O.[Cl-].[Na+]. The number of aromatic nitrogens is 2. The number of aliphatic hydroxyl groups excluding tert-OH is 8. The van der Waals surface area contributed by atoms with E-state index in [9.17, 15) is 35.4 Å². The molecule has 0 spiro atoms. The third-order valence-corrected chi connectivity index (χ3v) is 5.37. The van der Waals surface area contributed by atoms with Gasteiger partial charge in [0.15, 0.2) is 6.29 Å². The summed E-state index contributed by atoms with van der Waals surface area (Å²) in [4.78, 5) is 16.8. The van der Waals surface area contributed by atoms with E-state index in [1.807, 2.05) is 0 Å². The first-order valence-corrected chi connectivity index (χ1v) is 10.2. The van der Waals surface area contributed by atoms with Gasteiger partial charge < -0.3 is 83.3 Å². The second kappa shape index (κ2) is 15.8. The maximum absolute atomic E-state index is 10.3. The summed E-state index contributed by atoms with van der Waals surface area (Å²) in [6.07, 6.45) is -9.27. The molecule has 204 valence electrons. The summed E-state index contributed by atoms with van der Waals surface area (Å²) in [5.41, 5.74) is 5.92. The van der Waals surface area contributed by atoms with Gasteiger partial charge in [0.1, 0.15) is 55.4 Å². The van der Waals surface area contributed by atoms with Crippen LogP contribution in [0.5, 0.6) is 0 Å². The molecule has 0 aromatic carbocycles. The Kier molecular flexibility index (Phi) is 15.6. The second-order valence-corrected chi connectivity index (χ2v) is 7.77. The number of halogens is 1. The molecular weight excluding hydrogens is 525 g/mol. The predicted octanol–water partition coefficient (Wildman–Crippen LogP) is -12.0. The minimum atomic E-state index is -2.22. The van der Waals surface area contributed by atoms with Crippen LogP contribution in [0.4, 0.5) is 0 Å². The smallest absolute Gasteiger partial charge is 1.00 e. The fourth-order valence-electron chi connectivity index (χ4n) is 3.35. The number of carbonyl (C=O) groups is 1. The van der Waals surface area contributed by atoms with Gasteiger partial charge in [0.2, 0.25) is 5.79 Å². The van der Waals surface area contributed by atoms with Gasteiger partial charge in [-0.15, -0.1) is 0 Å². The molecule has 0 radical (unpaired) electrons. The monoisotopic (exact) mass is 555 g/mol. The van der Waals surface area contributed by atoms with Gasteiger partial charge in [-0.25, -0.2) is 4.98 Å². The number of carboxylic acids is 1. The van der Waals surface area contributed by atoms with Crippen molar-refractivity contribution in [2.75, 3.05) is 19.8 Å². The summed E-state index contributed by atoms with van der Waals surface area (Å²) in [5, 5.41) is 85.1. The number of aromatic amines is 1. The van der Waals surface area contributed by atoms with E-state index in [2.05, 4.69) is 9.97 Å². The standard InChI is InChI=1S/C12H22O11.C6H9N3O2.ClH.Na/c13-1-4-6(16)8(18)9(19)11(21-4)23-12(3-15)10(20)7(17)5(2-14)22-12;7-5(6(10)11)1-4-2-8-3-9-4;;/h4-11,13-20H,1-3H2;2-3,5H,1,7H2,(H,8,9)(H,10,11);1H;/q;;;+1/p-1/t4-,5-,6-,7-,8+,9-,10+,11-,12+;5-;;/m10../s1.